The molecule has 2 aromatic carbocycles. The first kappa shape index (κ1) is 18.4. The first-order valence-corrected chi connectivity index (χ1v) is 8.28. The standard InChI is InChI=1S/C20H17F5O/c1-12-2-4-13(5-3-12)14-6-8-15(9-7-14)16-10-11-17(21)19(18(16)22)26-20(23,24)25/h4,6-12H,2-3,5H2,1H3. The molecule has 0 radical (unpaired) electrons. The van der Waals surface area contributed by atoms with Gasteiger partial charge in [-0.05, 0) is 54.0 Å². The van der Waals surface area contributed by atoms with Crippen molar-refractivity contribution in [3.8, 4) is 16.9 Å². The summed E-state index contributed by atoms with van der Waals surface area (Å²) in [6, 6.07) is 8.68. The Kier molecular flexibility index (Phi) is 5.03. The summed E-state index contributed by atoms with van der Waals surface area (Å²) in [7, 11) is 0. The van der Waals surface area contributed by atoms with Crippen molar-refractivity contribution in [2.24, 2.45) is 5.92 Å². The van der Waals surface area contributed by atoms with Gasteiger partial charge >= 0.3 is 6.36 Å². The van der Waals surface area contributed by atoms with E-state index in [0.717, 1.165) is 37.0 Å². The van der Waals surface area contributed by atoms with Crippen LogP contribution in [0, 0.1) is 17.6 Å². The summed E-state index contributed by atoms with van der Waals surface area (Å²) in [4.78, 5) is 0. The molecule has 1 aliphatic carbocycles. The minimum atomic E-state index is -5.17. The van der Waals surface area contributed by atoms with Crippen LogP contribution in [0.3, 0.4) is 0 Å². The first-order chi connectivity index (χ1) is 12.2. The maximum atomic E-state index is 14.4. The van der Waals surface area contributed by atoms with E-state index in [1.807, 2.05) is 0 Å². The fourth-order valence-electron chi connectivity index (χ4n) is 3.06. The lowest BCUT2D eigenvalue weighted by molar-refractivity contribution is -0.276. The van der Waals surface area contributed by atoms with Gasteiger partial charge in [0.25, 0.3) is 0 Å². The van der Waals surface area contributed by atoms with E-state index in [1.54, 1.807) is 24.3 Å². The number of hydrogen-bond donors (Lipinski definition) is 0. The zero-order valence-corrected chi connectivity index (χ0v) is 14.0. The second-order valence-electron chi connectivity index (χ2n) is 6.47. The zero-order valence-electron chi connectivity index (χ0n) is 14.0. The maximum absolute atomic E-state index is 14.4. The van der Waals surface area contributed by atoms with E-state index in [-0.39, 0.29) is 5.56 Å². The van der Waals surface area contributed by atoms with Crippen molar-refractivity contribution < 1.29 is 26.7 Å². The summed E-state index contributed by atoms with van der Waals surface area (Å²) in [6.07, 6.45) is 0.0564. The minimum absolute atomic E-state index is 0.150. The highest BCUT2D eigenvalue weighted by Crippen LogP contribution is 2.36. The molecular weight excluding hydrogens is 351 g/mol. The topological polar surface area (TPSA) is 9.23 Å². The van der Waals surface area contributed by atoms with Gasteiger partial charge < -0.3 is 4.74 Å². The molecule has 0 spiro atoms. The van der Waals surface area contributed by atoms with Gasteiger partial charge in [0.05, 0.1) is 0 Å². The lowest BCUT2D eigenvalue weighted by Gasteiger charge is -2.18. The third-order valence-electron chi connectivity index (χ3n) is 4.51. The van der Waals surface area contributed by atoms with Gasteiger partial charge in [-0.2, -0.15) is 0 Å². The molecule has 1 atom stereocenters. The van der Waals surface area contributed by atoms with Gasteiger partial charge in [0.1, 0.15) is 0 Å². The lowest BCUT2D eigenvalue weighted by atomic mass is 9.87. The molecule has 0 saturated heterocycles. The fourth-order valence-corrected chi connectivity index (χ4v) is 3.06. The highest BCUT2D eigenvalue weighted by atomic mass is 19.4. The Bertz CT molecular complexity index is 821. The van der Waals surface area contributed by atoms with Gasteiger partial charge in [-0.1, -0.05) is 37.3 Å². The predicted molar refractivity (Wildman–Crippen MR) is 89.5 cm³/mol. The molecular formula is C20H17F5O. The molecule has 26 heavy (non-hydrogen) atoms. The summed E-state index contributed by atoms with van der Waals surface area (Å²) in [5, 5.41) is 0. The van der Waals surface area contributed by atoms with Crippen LogP contribution in [-0.4, -0.2) is 6.36 Å². The van der Waals surface area contributed by atoms with Gasteiger partial charge in [0, 0.05) is 5.56 Å². The van der Waals surface area contributed by atoms with Crippen molar-refractivity contribution in [2.45, 2.75) is 32.5 Å². The average molecular weight is 368 g/mol. The van der Waals surface area contributed by atoms with Crippen LogP contribution in [-0.2, 0) is 0 Å². The highest BCUT2D eigenvalue weighted by Gasteiger charge is 2.34. The molecule has 138 valence electrons. The Balaban J connectivity index is 1.91. The molecule has 0 fully saturated rings. The van der Waals surface area contributed by atoms with Crippen molar-refractivity contribution >= 4 is 5.57 Å². The van der Waals surface area contributed by atoms with E-state index >= 15 is 0 Å². The number of benzene rings is 2. The summed E-state index contributed by atoms with van der Waals surface area (Å²) >= 11 is 0. The van der Waals surface area contributed by atoms with Crippen LogP contribution in [0.1, 0.15) is 31.7 Å². The van der Waals surface area contributed by atoms with E-state index in [0.29, 0.717) is 11.5 Å². The number of ether oxygens (including phenoxy) is 1. The normalized spacial score (nSPS) is 17.8. The quantitative estimate of drug-likeness (QED) is 0.546. The molecule has 0 amide bonds. The number of alkyl halides is 3. The van der Waals surface area contributed by atoms with Crippen molar-refractivity contribution in [1.29, 1.82) is 0 Å². The molecule has 2 aromatic rings. The van der Waals surface area contributed by atoms with Gasteiger partial charge in [-0.3, -0.25) is 0 Å². The minimum Gasteiger partial charge on any atom is -0.399 e. The number of rotatable bonds is 3. The monoisotopic (exact) mass is 368 g/mol. The van der Waals surface area contributed by atoms with Crippen LogP contribution in [0.15, 0.2) is 42.5 Å². The second-order valence-corrected chi connectivity index (χ2v) is 6.47. The van der Waals surface area contributed by atoms with Crippen LogP contribution in [0.5, 0.6) is 5.75 Å². The third-order valence-corrected chi connectivity index (χ3v) is 4.51. The van der Waals surface area contributed by atoms with E-state index in [9.17, 15) is 22.0 Å². The average Bonchev–Trinajstić information content (AvgIpc) is 2.59. The van der Waals surface area contributed by atoms with E-state index in [4.69, 9.17) is 0 Å². The van der Waals surface area contributed by atoms with Crippen LogP contribution < -0.4 is 4.74 Å². The molecule has 0 bridgehead atoms. The number of halogens is 5. The van der Waals surface area contributed by atoms with Crippen molar-refractivity contribution in [1.82, 2.24) is 0 Å². The predicted octanol–water partition coefficient (Wildman–Crippen LogP) is 6.73. The Hall–Kier alpha value is -2.37. The van der Waals surface area contributed by atoms with Crippen LogP contribution in [0.4, 0.5) is 22.0 Å². The Labute approximate surface area is 148 Å². The van der Waals surface area contributed by atoms with E-state index in [2.05, 4.69) is 17.7 Å². The van der Waals surface area contributed by atoms with Crippen LogP contribution in [0.2, 0.25) is 0 Å². The SMILES string of the molecule is CC1CC=C(c2ccc(-c3ccc(F)c(OC(F)(F)F)c3F)cc2)CC1. The Morgan fingerprint density at radius 1 is 0.962 bits per heavy atom. The Morgan fingerprint density at radius 2 is 1.62 bits per heavy atom. The van der Waals surface area contributed by atoms with Gasteiger partial charge in [0.15, 0.2) is 11.6 Å². The fraction of sp³-hybridized carbons (Fsp3) is 0.300. The molecule has 0 aliphatic heterocycles. The largest absolute Gasteiger partial charge is 0.573 e. The summed E-state index contributed by atoms with van der Waals surface area (Å²) in [5.74, 6) is -3.57. The highest BCUT2D eigenvalue weighted by molar-refractivity contribution is 5.72. The summed E-state index contributed by atoms with van der Waals surface area (Å²) < 4.78 is 68.5. The van der Waals surface area contributed by atoms with Crippen molar-refractivity contribution in [3.63, 3.8) is 0 Å². The molecule has 3 rings (SSSR count). The van der Waals surface area contributed by atoms with E-state index in [1.165, 1.54) is 5.57 Å². The zero-order chi connectivity index (χ0) is 18.9. The third kappa shape index (κ3) is 4.06. The summed E-state index contributed by atoms with van der Waals surface area (Å²) in [5.41, 5.74) is 2.40. The molecule has 6 heteroatoms. The number of hydrogen-bond acceptors (Lipinski definition) is 1. The molecule has 1 nitrogen and oxygen atoms in total. The van der Waals surface area contributed by atoms with Crippen molar-refractivity contribution in [2.75, 3.05) is 0 Å². The van der Waals surface area contributed by atoms with Crippen LogP contribution in [0.25, 0.3) is 16.7 Å². The lowest BCUT2D eigenvalue weighted by Crippen LogP contribution is -2.19. The second kappa shape index (κ2) is 7.09. The first-order valence-electron chi connectivity index (χ1n) is 8.28. The molecule has 0 aromatic heterocycles. The molecule has 1 unspecified atom stereocenters. The molecule has 0 heterocycles. The van der Waals surface area contributed by atoms with Gasteiger partial charge in [-0.25, -0.2) is 8.78 Å². The van der Waals surface area contributed by atoms with Crippen LogP contribution >= 0.6 is 0 Å². The van der Waals surface area contributed by atoms with Gasteiger partial charge in [-0.15, -0.1) is 13.2 Å². The number of allylic oxidation sites excluding steroid dienone is 2. The summed E-state index contributed by atoms with van der Waals surface area (Å²) in [6.45, 7) is 2.19. The maximum Gasteiger partial charge on any atom is 0.573 e. The van der Waals surface area contributed by atoms with Gasteiger partial charge in [0.2, 0.25) is 5.75 Å². The smallest absolute Gasteiger partial charge is 0.399 e. The Morgan fingerprint density at radius 3 is 2.19 bits per heavy atom. The molecule has 1 aliphatic rings. The van der Waals surface area contributed by atoms with E-state index < -0.39 is 23.7 Å². The molecule has 0 N–H and O–H groups in total. The molecule has 0 saturated carbocycles. The van der Waals surface area contributed by atoms with Crippen molar-refractivity contribution in [3.05, 3.63) is 59.7 Å².